The topological polar surface area (TPSA) is 234 Å². The second-order valence-corrected chi connectivity index (χ2v) is 8.91. The first kappa shape index (κ1) is 25.6. The number of rotatable bonds is 6. The quantitative estimate of drug-likeness (QED) is 0.201. The van der Waals surface area contributed by atoms with E-state index in [-0.39, 0.29) is 22.7 Å². The van der Waals surface area contributed by atoms with Gasteiger partial charge in [-0.15, -0.1) is 0 Å². The Morgan fingerprint density at radius 3 is 2.22 bits per heavy atom. The first-order chi connectivity index (χ1) is 16.9. The number of aromatic hydroxyl groups is 3. The maximum absolute atomic E-state index is 13.3. The second kappa shape index (κ2) is 9.55. The summed E-state index contributed by atoms with van der Waals surface area (Å²) in [5.41, 5.74) is -1.06. The largest absolute Gasteiger partial charge is 0.508 e. The van der Waals surface area contributed by atoms with Crippen molar-refractivity contribution in [2.75, 3.05) is 6.61 Å². The molecule has 0 saturated carbocycles. The molecule has 1 saturated heterocycles. The highest BCUT2D eigenvalue weighted by molar-refractivity contribution is 7.80. The predicted octanol–water partition coefficient (Wildman–Crippen LogP) is -0.417. The number of hydrogen-bond donors (Lipinski definition) is 7. The summed E-state index contributed by atoms with van der Waals surface area (Å²) in [6, 6.07) is 7.13. The van der Waals surface area contributed by atoms with Crippen molar-refractivity contribution >= 4 is 21.4 Å². The van der Waals surface area contributed by atoms with E-state index < -0.39 is 75.8 Å². The second-order valence-electron chi connectivity index (χ2n) is 7.82. The fourth-order valence-corrected chi connectivity index (χ4v) is 3.91. The van der Waals surface area contributed by atoms with E-state index in [1.54, 1.807) is 0 Å². The number of benzene rings is 2. The van der Waals surface area contributed by atoms with E-state index in [1.165, 1.54) is 24.3 Å². The minimum absolute atomic E-state index is 0.121. The van der Waals surface area contributed by atoms with Gasteiger partial charge in [0.05, 0.1) is 6.61 Å². The van der Waals surface area contributed by atoms with Gasteiger partial charge in [-0.1, -0.05) is 0 Å². The van der Waals surface area contributed by atoms with Crippen LogP contribution in [0.15, 0.2) is 45.6 Å². The zero-order chi connectivity index (χ0) is 26.4. The van der Waals surface area contributed by atoms with Gasteiger partial charge in [0, 0.05) is 17.7 Å². The highest BCUT2D eigenvalue weighted by atomic mass is 32.3. The van der Waals surface area contributed by atoms with E-state index >= 15 is 0 Å². The van der Waals surface area contributed by atoms with Crippen LogP contribution >= 0.6 is 0 Å². The molecule has 0 aliphatic carbocycles. The van der Waals surface area contributed by atoms with Crippen LogP contribution < -0.4 is 10.2 Å². The fraction of sp³-hybridized carbons (Fsp3) is 0.286. The number of phenols is 3. The van der Waals surface area contributed by atoms with E-state index in [2.05, 4.69) is 4.18 Å². The lowest BCUT2D eigenvalue weighted by Gasteiger charge is -2.39. The van der Waals surface area contributed by atoms with Crippen LogP contribution in [0.3, 0.4) is 0 Å². The van der Waals surface area contributed by atoms with Gasteiger partial charge in [-0.05, 0) is 24.3 Å². The Kier molecular flexibility index (Phi) is 6.80. The van der Waals surface area contributed by atoms with Gasteiger partial charge in [-0.3, -0.25) is 9.35 Å². The Morgan fingerprint density at radius 2 is 1.58 bits per heavy atom. The molecule has 1 fully saturated rings. The van der Waals surface area contributed by atoms with Gasteiger partial charge in [0.25, 0.3) is 0 Å². The molecule has 0 radical (unpaired) electrons. The summed E-state index contributed by atoms with van der Waals surface area (Å²) in [6.45, 7) is -0.985. The fourth-order valence-electron chi connectivity index (χ4n) is 3.60. The molecule has 3 aromatic rings. The van der Waals surface area contributed by atoms with Crippen LogP contribution in [0.1, 0.15) is 0 Å². The molecule has 7 N–H and O–H groups in total. The monoisotopic (exact) mass is 528 g/mol. The summed E-state index contributed by atoms with van der Waals surface area (Å²) in [6.07, 6.45) is -9.37. The Hall–Kier alpha value is -3.44. The molecular weight excluding hydrogens is 508 g/mol. The molecule has 2 aromatic carbocycles. The SMILES string of the molecule is O=c1c(OC2OC(COS(=O)(=O)O)C(O)C(O)C2O)c(-c2ccc(O)cc2)oc2cc(O)cc(O)c12. The van der Waals surface area contributed by atoms with Crippen molar-refractivity contribution in [3.63, 3.8) is 0 Å². The van der Waals surface area contributed by atoms with Crippen LogP contribution in [0.2, 0.25) is 0 Å². The molecule has 1 aromatic heterocycles. The molecule has 1 aliphatic heterocycles. The summed E-state index contributed by atoms with van der Waals surface area (Å²) >= 11 is 0. The van der Waals surface area contributed by atoms with Gasteiger partial charge in [0.15, 0.2) is 5.76 Å². The zero-order valence-corrected chi connectivity index (χ0v) is 18.8. The van der Waals surface area contributed by atoms with Gasteiger partial charge in [-0.2, -0.15) is 8.42 Å². The van der Waals surface area contributed by atoms with Crippen molar-refractivity contribution in [1.29, 1.82) is 0 Å². The molecule has 36 heavy (non-hydrogen) atoms. The van der Waals surface area contributed by atoms with Crippen LogP contribution in [0.4, 0.5) is 0 Å². The van der Waals surface area contributed by atoms with Gasteiger partial charge >= 0.3 is 10.4 Å². The molecule has 15 heteroatoms. The highest BCUT2D eigenvalue weighted by Crippen LogP contribution is 2.37. The third-order valence-corrected chi connectivity index (χ3v) is 5.76. The molecule has 5 atom stereocenters. The van der Waals surface area contributed by atoms with E-state index in [9.17, 15) is 43.9 Å². The van der Waals surface area contributed by atoms with E-state index in [1.807, 2.05) is 0 Å². The number of hydrogen-bond acceptors (Lipinski definition) is 13. The summed E-state index contributed by atoms with van der Waals surface area (Å²) in [7, 11) is -4.95. The molecule has 4 rings (SSSR count). The van der Waals surface area contributed by atoms with Crippen molar-refractivity contribution in [3.05, 3.63) is 46.6 Å². The Labute approximate surface area is 201 Å². The molecule has 5 unspecified atom stereocenters. The third kappa shape index (κ3) is 5.07. The minimum atomic E-state index is -4.95. The number of aliphatic hydroxyl groups is 3. The molecule has 0 amide bonds. The number of phenolic OH excluding ortho intramolecular Hbond substituents is 3. The lowest BCUT2D eigenvalue weighted by Crippen LogP contribution is -2.60. The van der Waals surface area contributed by atoms with Crippen molar-refractivity contribution in [2.24, 2.45) is 0 Å². The molecule has 1 aliphatic rings. The van der Waals surface area contributed by atoms with Gasteiger partial charge < -0.3 is 44.5 Å². The first-order valence-electron chi connectivity index (χ1n) is 10.2. The van der Waals surface area contributed by atoms with Crippen LogP contribution in [0, 0.1) is 0 Å². The average Bonchev–Trinajstić information content (AvgIpc) is 2.79. The Bertz CT molecular complexity index is 1430. The summed E-state index contributed by atoms with van der Waals surface area (Å²) in [5.74, 6) is -2.14. The van der Waals surface area contributed by atoms with Crippen molar-refractivity contribution < 1.29 is 61.7 Å². The molecule has 2 heterocycles. The van der Waals surface area contributed by atoms with Gasteiger partial charge in [0.2, 0.25) is 17.5 Å². The van der Waals surface area contributed by atoms with E-state index in [0.717, 1.165) is 12.1 Å². The van der Waals surface area contributed by atoms with E-state index in [4.69, 9.17) is 18.4 Å². The molecule has 0 bridgehead atoms. The zero-order valence-electron chi connectivity index (χ0n) is 18.0. The first-order valence-corrected chi connectivity index (χ1v) is 11.5. The normalized spacial score (nSPS) is 24.6. The Balaban J connectivity index is 1.81. The van der Waals surface area contributed by atoms with Crippen LogP contribution in [-0.2, 0) is 19.3 Å². The predicted molar refractivity (Wildman–Crippen MR) is 118 cm³/mol. The minimum Gasteiger partial charge on any atom is -0.508 e. The number of aliphatic hydroxyl groups excluding tert-OH is 3. The highest BCUT2D eigenvalue weighted by Gasteiger charge is 2.46. The Morgan fingerprint density at radius 1 is 0.917 bits per heavy atom. The molecule has 14 nitrogen and oxygen atoms in total. The van der Waals surface area contributed by atoms with Crippen molar-refractivity contribution in [1.82, 2.24) is 0 Å². The summed E-state index contributed by atoms with van der Waals surface area (Å²) in [5, 5.41) is 59.9. The third-order valence-electron chi connectivity index (χ3n) is 5.33. The summed E-state index contributed by atoms with van der Waals surface area (Å²) in [4.78, 5) is 13.3. The summed E-state index contributed by atoms with van der Waals surface area (Å²) < 4.78 is 51.3. The van der Waals surface area contributed by atoms with Crippen molar-refractivity contribution in [2.45, 2.75) is 30.7 Å². The van der Waals surface area contributed by atoms with Crippen LogP contribution in [-0.4, -0.2) is 80.9 Å². The maximum Gasteiger partial charge on any atom is 0.397 e. The molecule has 0 spiro atoms. The van der Waals surface area contributed by atoms with Gasteiger partial charge in [-0.25, -0.2) is 4.18 Å². The molecular formula is C21H20O14S. The van der Waals surface area contributed by atoms with Crippen LogP contribution in [0.25, 0.3) is 22.3 Å². The number of fused-ring (bicyclic) bond motifs is 1. The van der Waals surface area contributed by atoms with Gasteiger partial charge in [0.1, 0.15) is 52.6 Å². The number of ether oxygens (including phenoxy) is 2. The standard InChI is InChI=1S/C21H20O14S/c22-9-3-1-8(2-4-9)19-20(16(26)14-11(24)5-10(23)6-12(14)33-19)35-21-18(28)17(27)15(25)13(34-21)7-32-36(29,30)31/h1-6,13,15,17-18,21-25,27-28H,7H2,(H,29,30,31). The lowest BCUT2D eigenvalue weighted by molar-refractivity contribution is -0.276. The van der Waals surface area contributed by atoms with Crippen LogP contribution in [0.5, 0.6) is 23.0 Å². The lowest BCUT2D eigenvalue weighted by atomic mass is 9.99. The van der Waals surface area contributed by atoms with E-state index in [0.29, 0.717) is 0 Å². The maximum atomic E-state index is 13.3. The van der Waals surface area contributed by atoms with Crippen molar-refractivity contribution in [3.8, 4) is 34.3 Å². The molecule has 194 valence electrons. The smallest absolute Gasteiger partial charge is 0.397 e. The average molecular weight is 528 g/mol.